The summed E-state index contributed by atoms with van der Waals surface area (Å²) in [6.07, 6.45) is 3.46. The van der Waals surface area contributed by atoms with Crippen molar-refractivity contribution in [3.8, 4) is 0 Å². The van der Waals surface area contributed by atoms with Gasteiger partial charge in [-0.1, -0.05) is 13.3 Å². The number of anilines is 1. The lowest BCUT2D eigenvalue weighted by Gasteiger charge is -2.21. The van der Waals surface area contributed by atoms with E-state index in [0.29, 0.717) is 18.7 Å². The van der Waals surface area contributed by atoms with Gasteiger partial charge in [0.25, 0.3) is 5.91 Å². The smallest absolute Gasteiger partial charge is 0.257 e. The van der Waals surface area contributed by atoms with Gasteiger partial charge in [-0.05, 0) is 18.6 Å². The molecule has 1 heterocycles. The molecule has 0 saturated carbocycles. The minimum atomic E-state index is -0.168. The Kier molecular flexibility index (Phi) is 5.42. The normalized spacial score (nSPS) is 10.2. The number of aliphatic hydroxyl groups is 1. The summed E-state index contributed by atoms with van der Waals surface area (Å²) < 4.78 is 0. The zero-order chi connectivity index (χ0) is 12.7. The maximum atomic E-state index is 12.2. The zero-order valence-electron chi connectivity index (χ0n) is 10.1. The number of carbonyl (C=O) groups is 1. The number of aliphatic hydroxyl groups excluding tert-OH is 1. The molecule has 0 bridgehead atoms. The monoisotopic (exact) mass is 237 g/mol. The van der Waals surface area contributed by atoms with Gasteiger partial charge >= 0.3 is 0 Å². The van der Waals surface area contributed by atoms with Crippen LogP contribution in [-0.4, -0.2) is 40.6 Å². The van der Waals surface area contributed by atoms with Crippen molar-refractivity contribution >= 4 is 11.7 Å². The number of nitrogens with two attached hydrogens (primary N) is 1. The average Bonchev–Trinajstić information content (AvgIpc) is 2.34. The van der Waals surface area contributed by atoms with Crippen LogP contribution in [0.1, 0.15) is 30.1 Å². The van der Waals surface area contributed by atoms with Gasteiger partial charge in [0.2, 0.25) is 0 Å². The molecule has 5 heteroatoms. The first kappa shape index (κ1) is 13.4. The minimum Gasteiger partial charge on any atom is -0.395 e. The summed E-state index contributed by atoms with van der Waals surface area (Å²) in [6, 6.07) is 3.33. The van der Waals surface area contributed by atoms with Gasteiger partial charge in [-0.15, -0.1) is 0 Å². The number of amides is 1. The summed E-state index contributed by atoms with van der Waals surface area (Å²) in [5.74, 6) is 0.0649. The topological polar surface area (TPSA) is 79.5 Å². The maximum absolute atomic E-state index is 12.2. The van der Waals surface area contributed by atoms with Crippen molar-refractivity contribution in [1.82, 2.24) is 9.88 Å². The molecule has 0 unspecified atom stereocenters. The van der Waals surface area contributed by atoms with Crippen molar-refractivity contribution in [1.29, 1.82) is 0 Å². The van der Waals surface area contributed by atoms with Crippen molar-refractivity contribution in [2.24, 2.45) is 0 Å². The van der Waals surface area contributed by atoms with E-state index in [1.165, 1.54) is 0 Å². The summed E-state index contributed by atoms with van der Waals surface area (Å²) in [6.45, 7) is 2.97. The Balaban J connectivity index is 2.80. The van der Waals surface area contributed by atoms with Crippen LogP contribution in [-0.2, 0) is 0 Å². The van der Waals surface area contributed by atoms with Crippen LogP contribution in [0.25, 0.3) is 0 Å². The van der Waals surface area contributed by atoms with Crippen molar-refractivity contribution in [3.05, 3.63) is 23.9 Å². The van der Waals surface area contributed by atoms with Gasteiger partial charge in [0.05, 0.1) is 12.2 Å². The van der Waals surface area contributed by atoms with Crippen molar-refractivity contribution < 1.29 is 9.90 Å². The number of aromatic nitrogens is 1. The standard InChI is InChI=1S/C12H19N3O2/c1-2-3-7-15(8-9-16)12(17)10-5-4-6-14-11(10)13/h4-6,16H,2-3,7-9H2,1H3,(H2,13,14). The number of carbonyl (C=O) groups excluding carboxylic acids is 1. The van der Waals surface area contributed by atoms with Crippen molar-refractivity contribution in [2.75, 3.05) is 25.4 Å². The van der Waals surface area contributed by atoms with Gasteiger partial charge in [-0.2, -0.15) is 0 Å². The molecule has 1 aromatic heterocycles. The van der Waals surface area contributed by atoms with Gasteiger partial charge in [-0.25, -0.2) is 4.98 Å². The lowest BCUT2D eigenvalue weighted by Crippen LogP contribution is -2.35. The number of unbranched alkanes of at least 4 members (excludes halogenated alkanes) is 1. The molecule has 0 aliphatic heterocycles. The lowest BCUT2D eigenvalue weighted by atomic mass is 10.2. The quantitative estimate of drug-likeness (QED) is 0.770. The second kappa shape index (κ2) is 6.85. The van der Waals surface area contributed by atoms with Gasteiger partial charge < -0.3 is 15.7 Å². The van der Waals surface area contributed by atoms with E-state index in [-0.39, 0.29) is 18.3 Å². The third-order valence-corrected chi connectivity index (χ3v) is 2.51. The molecule has 1 amide bonds. The van der Waals surface area contributed by atoms with E-state index >= 15 is 0 Å². The summed E-state index contributed by atoms with van der Waals surface area (Å²) in [5, 5.41) is 8.96. The molecular formula is C12H19N3O2. The van der Waals surface area contributed by atoms with Gasteiger partial charge in [0, 0.05) is 19.3 Å². The van der Waals surface area contributed by atoms with Gasteiger partial charge in [0.1, 0.15) is 5.82 Å². The fraction of sp³-hybridized carbons (Fsp3) is 0.500. The van der Waals surface area contributed by atoms with Crippen LogP contribution < -0.4 is 5.73 Å². The molecule has 0 spiro atoms. The second-order valence-electron chi connectivity index (χ2n) is 3.81. The van der Waals surface area contributed by atoms with Gasteiger partial charge in [-0.3, -0.25) is 4.79 Å². The van der Waals surface area contributed by atoms with E-state index in [2.05, 4.69) is 11.9 Å². The summed E-state index contributed by atoms with van der Waals surface area (Å²) >= 11 is 0. The van der Waals surface area contributed by atoms with E-state index in [0.717, 1.165) is 12.8 Å². The van der Waals surface area contributed by atoms with Crippen LogP contribution in [0.3, 0.4) is 0 Å². The SMILES string of the molecule is CCCCN(CCO)C(=O)c1cccnc1N. The van der Waals surface area contributed by atoms with Crippen LogP contribution in [0.5, 0.6) is 0 Å². The summed E-state index contributed by atoms with van der Waals surface area (Å²) in [4.78, 5) is 17.7. The van der Waals surface area contributed by atoms with Gasteiger partial charge in [0.15, 0.2) is 0 Å². The molecule has 3 N–H and O–H groups in total. The Bertz CT molecular complexity index is 369. The van der Waals surface area contributed by atoms with E-state index in [4.69, 9.17) is 10.8 Å². The number of pyridine rings is 1. The molecule has 0 aliphatic rings. The molecule has 5 nitrogen and oxygen atoms in total. The van der Waals surface area contributed by atoms with Crippen LogP contribution in [0.15, 0.2) is 18.3 Å². The largest absolute Gasteiger partial charge is 0.395 e. The molecule has 1 rings (SSSR count). The molecule has 1 aromatic rings. The third-order valence-electron chi connectivity index (χ3n) is 2.51. The molecule has 0 aliphatic carbocycles. The number of nitrogen functional groups attached to an aromatic ring is 1. The zero-order valence-corrected chi connectivity index (χ0v) is 10.1. The average molecular weight is 237 g/mol. The second-order valence-corrected chi connectivity index (χ2v) is 3.81. The van der Waals surface area contributed by atoms with Crippen LogP contribution in [0, 0.1) is 0 Å². The Morgan fingerprint density at radius 2 is 2.29 bits per heavy atom. The van der Waals surface area contributed by atoms with E-state index in [1.54, 1.807) is 23.2 Å². The fourth-order valence-corrected chi connectivity index (χ4v) is 1.55. The highest BCUT2D eigenvalue weighted by Gasteiger charge is 2.17. The predicted octanol–water partition coefficient (Wildman–Crippen LogP) is 0.898. The van der Waals surface area contributed by atoms with Crippen LogP contribution >= 0.6 is 0 Å². The predicted molar refractivity (Wildman–Crippen MR) is 66.5 cm³/mol. The molecule has 0 atom stereocenters. The molecule has 0 aromatic carbocycles. The Morgan fingerprint density at radius 3 is 2.88 bits per heavy atom. The molecule has 0 fully saturated rings. The minimum absolute atomic E-state index is 0.0460. The molecule has 17 heavy (non-hydrogen) atoms. The van der Waals surface area contributed by atoms with E-state index in [1.807, 2.05) is 0 Å². The number of hydrogen-bond donors (Lipinski definition) is 2. The number of nitrogens with zero attached hydrogens (tertiary/aromatic N) is 2. The first-order valence-corrected chi connectivity index (χ1v) is 5.81. The highest BCUT2D eigenvalue weighted by atomic mass is 16.3. The van der Waals surface area contributed by atoms with E-state index in [9.17, 15) is 4.79 Å². The van der Waals surface area contributed by atoms with Crippen LogP contribution in [0.2, 0.25) is 0 Å². The van der Waals surface area contributed by atoms with Crippen LogP contribution in [0.4, 0.5) is 5.82 Å². The number of rotatable bonds is 6. The highest BCUT2D eigenvalue weighted by Crippen LogP contribution is 2.11. The van der Waals surface area contributed by atoms with Crippen molar-refractivity contribution in [2.45, 2.75) is 19.8 Å². The third kappa shape index (κ3) is 3.71. The maximum Gasteiger partial charge on any atom is 0.257 e. The Labute approximate surface area is 101 Å². The first-order chi connectivity index (χ1) is 8.20. The van der Waals surface area contributed by atoms with E-state index < -0.39 is 0 Å². The molecule has 0 saturated heterocycles. The molecule has 0 radical (unpaired) electrons. The Hall–Kier alpha value is -1.62. The number of hydrogen-bond acceptors (Lipinski definition) is 4. The summed E-state index contributed by atoms with van der Waals surface area (Å²) in [5.41, 5.74) is 6.06. The summed E-state index contributed by atoms with van der Waals surface area (Å²) in [7, 11) is 0. The molecular weight excluding hydrogens is 218 g/mol. The Morgan fingerprint density at radius 1 is 1.53 bits per heavy atom. The fourth-order valence-electron chi connectivity index (χ4n) is 1.55. The molecule has 94 valence electrons. The highest BCUT2D eigenvalue weighted by molar-refractivity contribution is 5.98. The van der Waals surface area contributed by atoms with Crippen molar-refractivity contribution in [3.63, 3.8) is 0 Å². The lowest BCUT2D eigenvalue weighted by molar-refractivity contribution is 0.0720. The first-order valence-electron chi connectivity index (χ1n) is 5.81.